The highest BCUT2D eigenvalue weighted by Crippen LogP contribution is 2.20. The van der Waals surface area contributed by atoms with Crippen molar-refractivity contribution in [3.63, 3.8) is 0 Å². The average molecular weight is 308 g/mol. The minimum atomic E-state index is -0.369. The van der Waals surface area contributed by atoms with E-state index in [0.29, 0.717) is 19.3 Å². The van der Waals surface area contributed by atoms with Gasteiger partial charge in [-0.05, 0) is 44.7 Å². The van der Waals surface area contributed by atoms with Crippen LogP contribution in [0.2, 0.25) is 0 Å². The first-order valence-corrected chi connectivity index (χ1v) is 8.60. The van der Waals surface area contributed by atoms with Gasteiger partial charge < -0.3 is 14.8 Å². The maximum absolute atomic E-state index is 5.57. The Morgan fingerprint density at radius 2 is 1.73 bits per heavy atom. The Hall–Kier alpha value is -1.13. The van der Waals surface area contributed by atoms with Crippen LogP contribution in [0.25, 0.3) is 0 Å². The van der Waals surface area contributed by atoms with Gasteiger partial charge in [-0.1, -0.05) is 27.2 Å². The molecule has 0 saturated carbocycles. The van der Waals surface area contributed by atoms with Gasteiger partial charge in [0.25, 0.3) is 0 Å². The normalized spacial score (nSPS) is 14.1. The van der Waals surface area contributed by atoms with Crippen LogP contribution in [0, 0.1) is 5.92 Å². The number of pyridine rings is 1. The quantitative estimate of drug-likeness (QED) is 0.597. The number of hydrogen-bond donors (Lipinski definition) is 1. The Kier molecular flexibility index (Phi) is 9.09. The second-order valence-corrected chi connectivity index (χ2v) is 5.71. The van der Waals surface area contributed by atoms with Crippen molar-refractivity contribution in [1.29, 1.82) is 0 Å². The van der Waals surface area contributed by atoms with Gasteiger partial charge in [-0.25, -0.2) is 0 Å². The monoisotopic (exact) mass is 308 g/mol. The van der Waals surface area contributed by atoms with E-state index in [0.717, 1.165) is 23.7 Å². The van der Waals surface area contributed by atoms with Gasteiger partial charge in [0.2, 0.25) is 6.29 Å². The third-order valence-electron chi connectivity index (χ3n) is 3.91. The summed E-state index contributed by atoms with van der Waals surface area (Å²) in [7, 11) is 0. The van der Waals surface area contributed by atoms with Crippen LogP contribution in [0.4, 0.5) is 5.69 Å². The van der Waals surface area contributed by atoms with Crippen molar-refractivity contribution >= 4 is 5.69 Å². The van der Waals surface area contributed by atoms with E-state index in [1.807, 2.05) is 26.1 Å². The summed E-state index contributed by atoms with van der Waals surface area (Å²) in [6.45, 7) is 11.9. The van der Waals surface area contributed by atoms with Gasteiger partial charge in [-0.15, -0.1) is 0 Å². The van der Waals surface area contributed by atoms with Crippen LogP contribution in [0.15, 0.2) is 18.3 Å². The van der Waals surface area contributed by atoms with Crippen LogP contribution in [0.3, 0.4) is 0 Å². The molecule has 0 spiro atoms. The summed E-state index contributed by atoms with van der Waals surface area (Å²) in [5.74, 6) is 0.741. The molecule has 22 heavy (non-hydrogen) atoms. The van der Waals surface area contributed by atoms with Crippen molar-refractivity contribution in [3.05, 3.63) is 24.0 Å². The van der Waals surface area contributed by atoms with E-state index in [2.05, 4.69) is 37.1 Å². The molecule has 0 amide bonds. The molecular formula is C18H32N2O2. The molecule has 0 bridgehead atoms. The molecule has 0 radical (unpaired) electrons. The van der Waals surface area contributed by atoms with E-state index in [4.69, 9.17) is 9.47 Å². The summed E-state index contributed by atoms with van der Waals surface area (Å²) in [5.41, 5.74) is 1.88. The number of hydrogen-bond acceptors (Lipinski definition) is 4. The number of ether oxygens (including phenoxy) is 2. The number of anilines is 1. The van der Waals surface area contributed by atoms with E-state index in [1.54, 1.807) is 0 Å². The smallest absolute Gasteiger partial charge is 0.201 e. The fourth-order valence-corrected chi connectivity index (χ4v) is 2.37. The zero-order valence-electron chi connectivity index (χ0n) is 14.8. The molecule has 126 valence electrons. The lowest BCUT2D eigenvalue weighted by atomic mass is 9.97. The van der Waals surface area contributed by atoms with Crippen LogP contribution in [-0.2, 0) is 9.47 Å². The Bertz CT molecular complexity index is 389. The Morgan fingerprint density at radius 1 is 1.05 bits per heavy atom. The molecule has 0 saturated heterocycles. The van der Waals surface area contributed by atoms with E-state index >= 15 is 0 Å². The minimum Gasteiger partial charge on any atom is -0.381 e. The predicted molar refractivity (Wildman–Crippen MR) is 92.0 cm³/mol. The lowest BCUT2D eigenvalue weighted by Gasteiger charge is -2.22. The maximum Gasteiger partial charge on any atom is 0.201 e. The highest BCUT2D eigenvalue weighted by Gasteiger charge is 2.14. The molecule has 0 aliphatic heterocycles. The minimum absolute atomic E-state index is 0.369. The van der Waals surface area contributed by atoms with Crippen LogP contribution >= 0.6 is 0 Å². The molecule has 2 atom stereocenters. The highest BCUT2D eigenvalue weighted by molar-refractivity contribution is 5.42. The first-order valence-electron chi connectivity index (χ1n) is 8.60. The van der Waals surface area contributed by atoms with Crippen molar-refractivity contribution in [1.82, 2.24) is 4.98 Å². The van der Waals surface area contributed by atoms with Crippen LogP contribution in [0.1, 0.15) is 65.9 Å². The van der Waals surface area contributed by atoms with Crippen LogP contribution in [-0.4, -0.2) is 24.2 Å². The second-order valence-electron chi connectivity index (χ2n) is 5.71. The first kappa shape index (κ1) is 18.9. The molecule has 0 aromatic carbocycles. The molecule has 0 fully saturated rings. The largest absolute Gasteiger partial charge is 0.381 e. The number of rotatable bonds is 11. The van der Waals surface area contributed by atoms with Crippen molar-refractivity contribution < 1.29 is 9.47 Å². The van der Waals surface area contributed by atoms with Crippen LogP contribution < -0.4 is 5.32 Å². The lowest BCUT2D eigenvalue weighted by Crippen LogP contribution is -2.21. The molecule has 0 aliphatic rings. The van der Waals surface area contributed by atoms with Gasteiger partial charge in [0, 0.05) is 19.3 Å². The van der Waals surface area contributed by atoms with Crippen LogP contribution in [0.5, 0.6) is 0 Å². The Labute approximate surface area is 135 Å². The molecule has 1 aromatic rings. The summed E-state index contributed by atoms with van der Waals surface area (Å²) in [4.78, 5) is 4.49. The summed E-state index contributed by atoms with van der Waals surface area (Å²) < 4.78 is 11.1. The van der Waals surface area contributed by atoms with Crippen molar-refractivity contribution in [2.75, 3.05) is 18.5 Å². The highest BCUT2D eigenvalue weighted by atomic mass is 16.7. The van der Waals surface area contributed by atoms with Gasteiger partial charge in [-0.2, -0.15) is 0 Å². The molecule has 0 aliphatic carbocycles. The van der Waals surface area contributed by atoms with Gasteiger partial charge in [0.1, 0.15) is 0 Å². The Morgan fingerprint density at radius 3 is 2.18 bits per heavy atom. The zero-order chi connectivity index (χ0) is 16.4. The number of nitrogens with one attached hydrogen (secondary N) is 1. The molecule has 1 N–H and O–H groups in total. The second kappa shape index (κ2) is 10.6. The van der Waals surface area contributed by atoms with E-state index < -0.39 is 0 Å². The zero-order valence-corrected chi connectivity index (χ0v) is 14.8. The maximum atomic E-state index is 5.57. The SMILES string of the molecule is CCOC(OCC)c1ccc(NC(CC)CC(C)CC)cn1. The molecule has 1 rings (SSSR count). The van der Waals surface area contributed by atoms with E-state index in [-0.39, 0.29) is 6.29 Å². The fraction of sp³-hybridized carbons (Fsp3) is 0.722. The number of aromatic nitrogens is 1. The summed E-state index contributed by atoms with van der Waals surface area (Å²) in [6, 6.07) is 4.54. The third kappa shape index (κ3) is 6.32. The van der Waals surface area contributed by atoms with Crippen molar-refractivity contribution in [2.45, 2.75) is 66.2 Å². The fourth-order valence-electron chi connectivity index (χ4n) is 2.37. The standard InChI is InChI=1S/C18H32N2O2/c1-6-14(5)12-15(7-2)20-16-10-11-17(19-13-16)18(21-8-3)22-9-4/h10-11,13-15,18,20H,6-9,12H2,1-5H3. The molecule has 2 unspecified atom stereocenters. The Balaban J connectivity index is 2.66. The summed E-state index contributed by atoms with van der Waals surface area (Å²) in [6.07, 6.45) is 5.03. The molecule has 4 heteroatoms. The van der Waals surface area contributed by atoms with Crippen molar-refractivity contribution in [3.8, 4) is 0 Å². The number of nitrogens with zero attached hydrogens (tertiary/aromatic N) is 1. The van der Waals surface area contributed by atoms with E-state index in [9.17, 15) is 0 Å². The van der Waals surface area contributed by atoms with Gasteiger partial charge in [0.05, 0.1) is 17.6 Å². The molecular weight excluding hydrogens is 276 g/mol. The van der Waals surface area contributed by atoms with E-state index in [1.165, 1.54) is 12.8 Å². The summed E-state index contributed by atoms with van der Waals surface area (Å²) >= 11 is 0. The van der Waals surface area contributed by atoms with Crippen molar-refractivity contribution in [2.24, 2.45) is 5.92 Å². The molecule has 4 nitrogen and oxygen atoms in total. The average Bonchev–Trinajstić information content (AvgIpc) is 2.54. The van der Waals surface area contributed by atoms with Gasteiger partial charge >= 0.3 is 0 Å². The topological polar surface area (TPSA) is 43.4 Å². The molecule has 1 aromatic heterocycles. The van der Waals surface area contributed by atoms with Gasteiger partial charge in [0.15, 0.2) is 0 Å². The first-order chi connectivity index (χ1) is 10.6. The lowest BCUT2D eigenvalue weighted by molar-refractivity contribution is -0.142. The summed E-state index contributed by atoms with van der Waals surface area (Å²) in [5, 5.41) is 3.58. The molecule has 1 heterocycles. The predicted octanol–water partition coefficient (Wildman–Crippen LogP) is 4.78. The van der Waals surface area contributed by atoms with Gasteiger partial charge in [-0.3, -0.25) is 4.98 Å². The third-order valence-corrected chi connectivity index (χ3v) is 3.91.